The molecule has 1 aliphatic rings. The summed E-state index contributed by atoms with van der Waals surface area (Å²) in [6, 6.07) is 5.80. The number of aliphatic imine (C=N–C) groups is 1. The van der Waals surface area contributed by atoms with Crippen LogP contribution in [0.25, 0.3) is 0 Å². The van der Waals surface area contributed by atoms with Crippen molar-refractivity contribution < 1.29 is 27.4 Å². The van der Waals surface area contributed by atoms with Crippen molar-refractivity contribution in [1.29, 1.82) is 0 Å². The van der Waals surface area contributed by atoms with E-state index in [1.54, 1.807) is 14.2 Å². The van der Waals surface area contributed by atoms with Gasteiger partial charge in [0.15, 0.2) is 5.96 Å². The summed E-state index contributed by atoms with van der Waals surface area (Å²) in [5.41, 5.74) is 1.08. The minimum Gasteiger partial charge on any atom is -0.497 e. The van der Waals surface area contributed by atoms with Gasteiger partial charge in [-0.25, -0.2) is 0 Å². The molecule has 0 radical (unpaired) electrons. The average molecular weight is 574 g/mol. The van der Waals surface area contributed by atoms with E-state index in [9.17, 15) is 13.2 Å². The molecular weight excluding hydrogens is 540 g/mol. The lowest BCUT2D eigenvalue weighted by atomic mass is 10.1. The Balaban J connectivity index is 0.00000512. The molecule has 0 aromatic heterocycles. The number of guanidine groups is 1. The van der Waals surface area contributed by atoms with Crippen LogP contribution in [0.1, 0.15) is 18.9 Å². The SMILES string of the molecule is CCNC(=NCCCOCC(F)(F)F)N1CCN(Cc2cc(OC)ccc2OC)CC1.I. The minimum absolute atomic E-state index is 0. The van der Waals surface area contributed by atoms with Crippen molar-refractivity contribution in [3.05, 3.63) is 23.8 Å². The molecule has 7 nitrogen and oxygen atoms in total. The Morgan fingerprint density at radius 2 is 1.84 bits per heavy atom. The number of nitrogens with zero attached hydrogens (tertiary/aromatic N) is 3. The highest BCUT2D eigenvalue weighted by atomic mass is 127. The zero-order chi connectivity index (χ0) is 22.7. The van der Waals surface area contributed by atoms with Gasteiger partial charge < -0.3 is 24.4 Å². The van der Waals surface area contributed by atoms with Crippen LogP contribution in [0.3, 0.4) is 0 Å². The molecule has 11 heteroatoms. The molecule has 0 saturated carbocycles. The highest BCUT2D eigenvalue weighted by Crippen LogP contribution is 2.25. The number of halogens is 4. The van der Waals surface area contributed by atoms with Crippen molar-refractivity contribution in [2.75, 3.05) is 66.7 Å². The van der Waals surface area contributed by atoms with Gasteiger partial charge in [-0.2, -0.15) is 13.2 Å². The zero-order valence-electron chi connectivity index (χ0n) is 18.9. The third-order valence-electron chi connectivity index (χ3n) is 4.86. The maximum atomic E-state index is 12.1. The maximum absolute atomic E-state index is 12.1. The highest BCUT2D eigenvalue weighted by molar-refractivity contribution is 14.0. The monoisotopic (exact) mass is 574 g/mol. The van der Waals surface area contributed by atoms with Crippen LogP contribution in [0.5, 0.6) is 11.5 Å². The first-order valence-corrected chi connectivity index (χ1v) is 10.5. The lowest BCUT2D eigenvalue weighted by Gasteiger charge is -2.36. The summed E-state index contributed by atoms with van der Waals surface area (Å²) >= 11 is 0. The Morgan fingerprint density at radius 1 is 1.12 bits per heavy atom. The Hall–Kier alpha value is -1.47. The second-order valence-corrected chi connectivity index (χ2v) is 7.20. The molecule has 2 rings (SSSR count). The summed E-state index contributed by atoms with van der Waals surface area (Å²) in [5.74, 6) is 2.43. The molecule has 1 heterocycles. The van der Waals surface area contributed by atoms with Gasteiger partial charge in [0.1, 0.15) is 18.1 Å². The molecule has 184 valence electrons. The summed E-state index contributed by atoms with van der Waals surface area (Å²) in [5, 5.41) is 3.27. The van der Waals surface area contributed by atoms with Crippen LogP contribution in [0.15, 0.2) is 23.2 Å². The van der Waals surface area contributed by atoms with Crippen LogP contribution in [0, 0.1) is 0 Å². The van der Waals surface area contributed by atoms with Crippen LogP contribution in [-0.2, 0) is 11.3 Å². The second kappa shape index (κ2) is 14.6. The van der Waals surface area contributed by atoms with E-state index in [2.05, 4.69) is 24.8 Å². The number of alkyl halides is 3. The van der Waals surface area contributed by atoms with Gasteiger partial charge in [-0.3, -0.25) is 9.89 Å². The summed E-state index contributed by atoms with van der Waals surface area (Å²) < 4.78 is 51.7. The number of nitrogens with one attached hydrogen (secondary N) is 1. The van der Waals surface area contributed by atoms with E-state index in [-0.39, 0.29) is 30.6 Å². The number of hydrogen-bond acceptors (Lipinski definition) is 5. The van der Waals surface area contributed by atoms with E-state index in [0.717, 1.165) is 62.3 Å². The van der Waals surface area contributed by atoms with Gasteiger partial charge in [0.2, 0.25) is 0 Å². The number of ether oxygens (including phenoxy) is 3. The molecule has 1 aromatic carbocycles. The van der Waals surface area contributed by atoms with Gasteiger partial charge in [0.05, 0.1) is 14.2 Å². The van der Waals surface area contributed by atoms with E-state index >= 15 is 0 Å². The zero-order valence-corrected chi connectivity index (χ0v) is 21.2. The first-order chi connectivity index (χ1) is 14.9. The fraction of sp³-hybridized carbons (Fsp3) is 0.667. The molecule has 1 aromatic rings. The van der Waals surface area contributed by atoms with Gasteiger partial charge in [0, 0.05) is 58.0 Å². The Bertz CT molecular complexity index is 699. The van der Waals surface area contributed by atoms with Crippen LogP contribution in [-0.4, -0.2) is 88.6 Å². The van der Waals surface area contributed by atoms with Crippen molar-refractivity contribution in [3.63, 3.8) is 0 Å². The molecule has 0 atom stereocenters. The topological polar surface area (TPSA) is 58.6 Å². The lowest BCUT2D eigenvalue weighted by Crippen LogP contribution is -2.52. The van der Waals surface area contributed by atoms with Crippen molar-refractivity contribution >= 4 is 29.9 Å². The van der Waals surface area contributed by atoms with Crippen molar-refractivity contribution in [2.24, 2.45) is 4.99 Å². The summed E-state index contributed by atoms with van der Waals surface area (Å²) in [7, 11) is 3.31. The lowest BCUT2D eigenvalue weighted by molar-refractivity contribution is -0.173. The smallest absolute Gasteiger partial charge is 0.411 e. The molecule has 0 amide bonds. The molecule has 0 bridgehead atoms. The first-order valence-electron chi connectivity index (χ1n) is 10.5. The van der Waals surface area contributed by atoms with E-state index in [1.165, 1.54) is 0 Å². The molecule has 32 heavy (non-hydrogen) atoms. The van der Waals surface area contributed by atoms with Crippen LogP contribution >= 0.6 is 24.0 Å². The predicted octanol–water partition coefficient (Wildman–Crippen LogP) is 3.37. The van der Waals surface area contributed by atoms with Gasteiger partial charge >= 0.3 is 6.18 Å². The fourth-order valence-corrected chi connectivity index (χ4v) is 3.33. The van der Waals surface area contributed by atoms with E-state index in [4.69, 9.17) is 9.47 Å². The quantitative estimate of drug-likeness (QED) is 0.200. The van der Waals surface area contributed by atoms with Crippen LogP contribution in [0.2, 0.25) is 0 Å². The summed E-state index contributed by atoms with van der Waals surface area (Å²) in [6.07, 6.45) is -3.84. The molecule has 0 aliphatic carbocycles. The fourth-order valence-electron chi connectivity index (χ4n) is 3.33. The predicted molar refractivity (Wildman–Crippen MR) is 129 cm³/mol. The number of rotatable bonds is 10. The molecule has 0 unspecified atom stereocenters. The largest absolute Gasteiger partial charge is 0.497 e. The number of benzene rings is 1. The number of methoxy groups -OCH3 is 2. The Kier molecular flexibility index (Phi) is 13.1. The summed E-state index contributed by atoms with van der Waals surface area (Å²) in [6.45, 7) is 6.07. The van der Waals surface area contributed by atoms with Crippen LogP contribution < -0.4 is 14.8 Å². The third-order valence-corrected chi connectivity index (χ3v) is 4.86. The Morgan fingerprint density at radius 3 is 2.44 bits per heavy atom. The molecule has 1 fully saturated rings. The molecule has 1 aliphatic heterocycles. The standard InChI is InChI=1S/C21H33F3N4O3.HI/c1-4-25-20(26-8-5-13-31-16-21(22,23)24)28-11-9-27(10-12-28)15-17-14-18(29-2)6-7-19(17)30-3;/h6-7,14H,4-5,8-13,15-16H2,1-3H3,(H,25,26);1H. The van der Waals surface area contributed by atoms with Crippen molar-refractivity contribution in [3.8, 4) is 11.5 Å². The summed E-state index contributed by atoms with van der Waals surface area (Å²) in [4.78, 5) is 9.07. The first kappa shape index (κ1) is 28.6. The van der Waals surface area contributed by atoms with Crippen molar-refractivity contribution in [2.45, 2.75) is 26.1 Å². The van der Waals surface area contributed by atoms with Gasteiger partial charge in [-0.1, -0.05) is 0 Å². The Labute approximate surface area is 205 Å². The van der Waals surface area contributed by atoms with Gasteiger partial charge in [-0.05, 0) is 31.5 Å². The number of piperazine rings is 1. The third kappa shape index (κ3) is 9.99. The van der Waals surface area contributed by atoms with Crippen LogP contribution in [0.4, 0.5) is 13.2 Å². The highest BCUT2D eigenvalue weighted by Gasteiger charge is 2.27. The second-order valence-electron chi connectivity index (χ2n) is 7.20. The maximum Gasteiger partial charge on any atom is 0.411 e. The van der Waals surface area contributed by atoms with Crippen molar-refractivity contribution in [1.82, 2.24) is 15.1 Å². The minimum atomic E-state index is -4.28. The van der Waals surface area contributed by atoms with E-state index in [0.29, 0.717) is 13.0 Å². The number of hydrogen-bond donors (Lipinski definition) is 1. The van der Waals surface area contributed by atoms with E-state index in [1.807, 2.05) is 25.1 Å². The molecule has 1 N–H and O–H groups in total. The average Bonchev–Trinajstić information content (AvgIpc) is 2.75. The van der Waals surface area contributed by atoms with Gasteiger partial charge in [-0.15, -0.1) is 24.0 Å². The van der Waals surface area contributed by atoms with Gasteiger partial charge in [0.25, 0.3) is 0 Å². The normalized spacial score (nSPS) is 15.3. The molecule has 1 saturated heterocycles. The molecule has 0 spiro atoms. The van der Waals surface area contributed by atoms with E-state index < -0.39 is 12.8 Å². The molecular formula is C21H34F3IN4O3.